The molecule has 4 heteroatoms. The Labute approximate surface area is 108 Å². The molecule has 1 aliphatic carbocycles. The predicted octanol–water partition coefficient (Wildman–Crippen LogP) is 2.24. The molecule has 98 valence electrons. The van der Waals surface area contributed by atoms with Crippen LogP contribution in [0.4, 0.5) is 5.82 Å². The Hall–Kier alpha value is -1.42. The number of nitrogens with two attached hydrogens (primary N) is 1. The third-order valence-electron chi connectivity index (χ3n) is 3.81. The summed E-state index contributed by atoms with van der Waals surface area (Å²) in [6.45, 7) is 2.33. The third kappa shape index (κ3) is 2.70. The Bertz CT molecular complexity index is 425. The van der Waals surface area contributed by atoms with Gasteiger partial charge >= 0.3 is 0 Å². The minimum absolute atomic E-state index is 0.0304. The lowest BCUT2D eigenvalue weighted by Crippen LogP contribution is -2.44. The highest BCUT2D eigenvalue weighted by Gasteiger charge is 2.38. The van der Waals surface area contributed by atoms with E-state index in [0.717, 1.165) is 31.4 Å². The first kappa shape index (κ1) is 13.0. The van der Waals surface area contributed by atoms with Crippen molar-refractivity contribution in [1.82, 2.24) is 4.98 Å². The number of hydrogen-bond acceptors (Lipinski definition) is 3. The van der Waals surface area contributed by atoms with E-state index in [-0.39, 0.29) is 11.3 Å². The van der Waals surface area contributed by atoms with Crippen LogP contribution in [0.1, 0.15) is 37.8 Å². The van der Waals surface area contributed by atoms with Gasteiger partial charge in [-0.05, 0) is 31.9 Å². The largest absolute Gasteiger partial charge is 0.329 e. The summed E-state index contributed by atoms with van der Waals surface area (Å²) in [5.41, 5.74) is 6.36. The number of pyridine rings is 1. The van der Waals surface area contributed by atoms with Crippen molar-refractivity contribution >= 4 is 11.7 Å². The highest BCUT2D eigenvalue weighted by molar-refractivity contribution is 5.94. The smallest absolute Gasteiger partial charge is 0.233 e. The predicted molar refractivity (Wildman–Crippen MR) is 72.2 cm³/mol. The van der Waals surface area contributed by atoms with Crippen LogP contribution < -0.4 is 11.1 Å². The van der Waals surface area contributed by atoms with Crippen molar-refractivity contribution in [3.05, 3.63) is 23.9 Å². The van der Waals surface area contributed by atoms with Gasteiger partial charge in [0.05, 0.1) is 5.41 Å². The van der Waals surface area contributed by atoms with Gasteiger partial charge in [0.1, 0.15) is 5.82 Å². The van der Waals surface area contributed by atoms with Gasteiger partial charge in [-0.2, -0.15) is 0 Å². The van der Waals surface area contributed by atoms with Crippen LogP contribution in [0.2, 0.25) is 0 Å². The topological polar surface area (TPSA) is 68.0 Å². The van der Waals surface area contributed by atoms with E-state index >= 15 is 0 Å². The monoisotopic (exact) mass is 247 g/mol. The maximum atomic E-state index is 12.4. The summed E-state index contributed by atoms with van der Waals surface area (Å²) >= 11 is 0. The lowest BCUT2D eigenvalue weighted by Gasteiger charge is -2.34. The van der Waals surface area contributed by atoms with E-state index in [4.69, 9.17) is 5.73 Å². The van der Waals surface area contributed by atoms with Crippen LogP contribution in [0.3, 0.4) is 0 Å². The molecule has 1 fully saturated rings. The van der Waals surface area contributed by atoms with Gasteiger partial charge in [0.15, 0.2) is 0 Å². The number of aromatic nitrogens is 1. The van der Waals surface area contributed by atoms with Gasteiger partial charge in [-0.1, -0.05) is 25.3 Å². The van der Waals surface area contributed by atoms with E-state index < -0.39 is 0 Å². The molecule has 0 atom stereocenters. The van der Waals surface area contributed by atoms with Gasteiger partial charge in [-0.15, -0.1) is 0 Å². The van der Waals surface area contributed by atoms with E-state index in [1.807, 2.05) is 25.1 Å². The van der Waals surface area contributed by atoms with Gasteiger partial charge in [0.2, 0.25) is 5.91 Å². The van der Waals surface area contributed by atoms with Crippen LogP contribution in [0.15, 0.2) is 18.2 Å². The lowest BCUT2D eigenvalue weighted by atomic mass is 9.73. The van der Waals surface area contributed by atoms with Crippen molar-refractivity contribution in [1.29, 1.82) is 0 Å². The lowest BCUT2D eigenvalue weighted by molar-refractivity contribution is -0.126. The van der Waals surface area contributed by atoms with Crippen LogP contribution in [-0.4, -0.2) is 17.4 Å². The number of amides is 1. The second kappa shape index (κ2) is 5.48. The highest BCUT2D eigenvalue weighted by atomic mass is 16.2. The average molecular weight is 247 g/mol. The zero-order chi connectivity index (χ0) is 13.0. The SMILES string of the molecule is Cc1cccc(NC(=O)C2(CN)CCCCC2)n1. The molecule has 1 heterocycles. The van der Waals surface area contributed by atoms with Crippen LogP contribution in [0, 0.1) is 12.3 Å². The Balaban J connectivity index is 2.10. The van der Waals surface area contributed by atoms with Crippen LogP contribution >= 0.6 is 0 Å². The maximum absolute atomic E-state index is 12.4. The molecule has 0 aromatic carbocycles. The number of rotatable bonds is 3. The van der Waals surface area contributed by atoms with Gasteiger partial charge in [-0.25, -0.2) is 4.98 Å². The Kier molecular flexibility index (Phi) is 3.97. The van der Waals surface area contributed by atoms with Crippen molar-refractivity contribution < 1.29 is 4.79 Å². The van der Waals surface area contributed by atoms with Crippen LogP contribution in [0.5, 0.6) is 0 Å². The standard InChI is InChI=1S/C14H21N3O/c1-11-6-5-7-12(16-11)17-13(18)14(10-15)8-3-2-4-9-14/h5-7H,2-4,8-10,15H2,1H3,(H,16,17,18). The van der Waals surface area contributed by atoms with Gasteiger partial charge < -0.3 is 11.1 Å². The molecule has 0 radical (unpaired) electrons. The quantitative estimate of drug-likeness (QED) is 0.860. The number of nitrogens with zero attached hydrogens (tertiary/aromatic N) is 1. The second-order valence-corrected chi connectivity index (χ2v) is 5.16. The normalized spacial score (nSPS) is 18.3. The molecule has 2 rings (SSSR count). The zero-order valence-electron chi connectivity index (χ0n) is 10.9. The maximum Gasteiger partial charge on any atom is 0.233 e. The van der Waals surface area contributed by atoms with E-state index in [2.05, 4.69) is 10.3 Å². The Morgan fingerprint density at radius 3 is 2.72 bits per heavy atom. The summed E-state index contributed by atoms with van der Waals surface area (Å²) in [5.74, 6) is 0.654. The summed E-state index contributed by atoms with van der Waals surface area (Å²) in [4.78, 5) is 16.7. The van der Waals surface area contributed by atoms with E-state index in [1.54, 1.807) is 0 Å². The van der Waals surface area contributed by atoms with Crippen molar-refractivity contribution in [2.75, 3.05) is 11.9 Å². The van der Waals surface area contributed by atoms with Crippen molar-refractivity contribution in [2.45, 2.75) is 39.0 Å². The summed E-state index contributed by atoms with van der Waals surface area (Å²) in [7, 11) is 0. The second-order valence-electron chi connectivity index (χ2n) is 5.16. The third-order valence-corrected chi connectivity index (χ3v) is 3.81. The molecule has 0 bridgehead atoms. The van der Waals surface area contributed by atoms with Crippen molar-refractivity contribution in [3.8, 4) is 0 Å². The molecule has 18 heavy (non-hydrogen) atoms. The molecule has 1 aromatic rings. The minimum Gasteiger partial charge on any atom is -0.329 e. The van der Waals surface area contributed by atoms with Gasteiger partial charge in [-0.3, -0.25) is 4.79 Å². The molecule has 0 saturated heterocycles. The number of anilines is 1. The van der Waals surface area contributed by atoms with Gasteiger partial charge in [0.25, 0.3) is 0 Å². The molecule has 1 aromatic heterocycles. The number of carbonyl (C=O) groups excluding carboxylic acids is 1. The summed E-state index contributed by atoms with van der Waals surface area (Å²) < 4.78 is 0. The summed E-state index contributed by atoms with van der Waals surface area (Å²) in [5, 5.41) is 2.91. The zero-order valence-corrected chi connectivity index (χ0v) is 10.9. The Morgan fingerprint density at radius 2 is 2.11 bits per heavy atom. The highest BCUT2D eigenvalue weighted by Crippen LogP contribution is 2.36. The molecular weight excluding hydrogens is 226 g/mol. The molecule has 0 unspecified atom stereocenters. The van der Waals surface area contributed by atoms with Crippen LogP contribution in [-0.2, 0) is 4.79 Å². The van der Waals surface area contributed by atoms with Crippen LogP contribution in [0.25, 0.3) is 0 Å². The molecule has 1 saturated carbocycles. The first-order valence-electron chi connectivity index (χ1n) is 6.61. The van der Waals surface area contributed by atoms with Gasteiger partial charge in [0, 0.05) is 12.2 Å². The number of nitrogens with one attached hydrogen (secondary N) is 1. The first-order valence-corrected chi connectivity index (χ1v) is 6.61. The van der Waals surface area contributed by atoms with E-state index in [1.165, 1.54) is 6.42 Å². The fraction of sp³-hybridized carbons (Fsp3) is 0.571. The average Bonchev–Trinajstić information content (AvgIpc) is 2.39. The number of carbonyl (C=O) groups is 1. The van der Waals surface area contributed by atoms with E-state index in [0.29, 0.717) is 12.4 Å². The minimum atomic E-state index is -0.385. The molecule has 0 aliphatic heterocycles. The molecule has 3 N–H and O–H groups in total. The molecule has 1 aliphatic rings. The number of hydrogen-bond donors (Lipinski definition) is 2. The number of aryl methyl sites for hydroxylation is 1. The molecule has 1 amide bonds. The first-order chi connectivity index (χ1) is 8.66. The summed E-state index contributed by atoms with van der Waals surface area (Å²) in [6.07, 6.45) is 5.16. The van der Waals surface area contributed by atoms with Crippen molar-refractivity contribution in [2.24, 2.45) is 11.1 Å². The Morgan fingerprint density at radius 1 is 1.39 bits per heavy atom. The molecular formula is C14H21N3O. The van der Waals surface area contributed by atoms with Crippen molar-refractivity contribution in [3.63, 3.8) is 0 Å². The van der Waals surface area contributed by atoms with E-state index in [9.17, 15) is 4.79 Å². The fourth-order valence-corrected chi connectivity index (χ4v) is 2.61. The molecule has 0 spiro atoms. The summed E-state index contributed by atoms with van der Waals surface area (Å²) in [6, 6.07) is 5.63. The fourth-order valence-electron chi connectivity index (χ4n) is 2.61. The molecule has 4 nitrogen and oxygen atoms in total.